The average molecular weight is 403 g/mol. The maximum absolute atomic E-state index is 14.8. The number of carbonyl (C=O) groups is 1. The van der Waals surface area contributed by atoms with Crippen LogP contribution >= 0.6 is 0 Å². The van der Waals surface area contributed by atoms with Gasteiger partial charge in [-0.15, -0.1) is 0 Å². The Kier molecular flexibility index (Phi) is 5.53. The summed E-state index contributed by atoms with van der Waals surface area (Å²) in [7, 11) is 1.57. The Bertz CT molecular complexity index is 1080. The van der Waals surface area contributed by atoms with Crippen LogP contribution in [0.25, 0.3) is 5.57 Å². The highest BCUT2D eigenvalue weighted by Crippen LogP contribution is 2.44. The van der Waals surface area contributed by atoms with E-state index < -0.39 is 17.8 Å². The Morgan fingerprint density at radius 2 is 1.63 bits per heavy atom. The summed E-state index contributed by atoms with van der Waals surface area (Å²) in [6.45, 7) is 0.353. The van der Waals surface area contributed by atoms with E-state index >= 15 is 0 Å². The molecule has 1 N–H and O–H groups in total. The summed E-state index contributed by atoms with van der Waals surface area (Å²) in [6, 6.07) is 22.5. The molecule has 4 nitrogen and oxygen atoms in total. The molecule has 0 unspecified atom stereocenters. The molecule has 0 fully saturated rings. The molecule has 0 saturated carbocycles. The first-order valence-corrected chi connectivity index (χ1v) is 9.77. The van der Waals surface area contributed by atoms with Crippen LogP contribution < -0.4 is 4.74 Å². The van der Waals surface area contributed by atoms with E-state index in [1.54, 1.807) is 54.5 Å². The highest BCUT2D eigenvalue weighted by atomic mass is 19.1. The van der Waals surface area contributed by atoms with Crippen molar-refractivity contribution in [1.29, 1.82) is 0 Å². The van der Waals surface area contributed by atoms with E-state index in [1.807, 2.05) is 30.3 Å². The van der Waals surface area contributed by atoms with E-state index in [0.29, 0.717) is 35.4 Å². The van der Waals surface area contributed by atoms with E-state index in [-0.39, 0.29) is 5.76 Å². The van der Waals surface area contributed by atoms with Crippen molar-refractivity contribution in [3.05, 3.63) is 107 Å². The minimum atomic E-state index is -0.712. The number of rotatable bonds is 6. The zero-order chi connectivity index (χ0) is 21.1. The van der Waals surface area contributed by atoms with Crippen LogP contribution in [0.5, 0.6) is 5.75 Å². The van der Waals surface area contributed by atoms with Gasteiger partial charge < -0.3 is 14.7 Å². The largest absolute Gasteiger partial charge is 0.503 e. The number of carbonyl (C=O) groups excluding carboxylic acids is 1. The summed E-state index contributed by atoms with van der Waals surface area (Å²) in [6.07, 6.45) is 0.598. The zero-order valence-electron chi connectivity index (χ0n) is 16.6. The number of nitrogens with zero attached hydrogens (tertiary/aromatic N) is 1. The number of hydrogen-bond acceptors (Lipinski definition) is 3. The monoisotopic (exact) mass is 403 g/mol. The summed E-state index contributed by atoms with van der Waals surface area (Å²) >= 11 is 0. The van der Waals surface area contributed by atoms with Gasteiger partial charge in [-0.25, -0.2) is 4.39 Å². The molecule has 3 aromatic carbocycles. The fourth-order valence-corrected chi connectivity index (χ4v) is 3.86. The van der Waals surface area contributed by atoms with Gasteiger partial charge in [0.15, 0.2) is 5.76 Å². The first kappa shape index (κ1) is 19.7. The summed E-state index contributed by atoms with van der Waals surface area (Å²) in [5, 5.41) is 10.8. The van der Waals surface area contributed by atoms with Crippen molar-refractivity contribution in [3.63, 3.8) is 0 Å². The standard InChI is InChI=1S/C25H22FNO3/c1-30-19-13-11-18(12-14-19)22-23(20-9-5-6-10-21(20)26)27(25(29)24(22)28)16-15-17-7-3-2-4-8-17/h2-14,23,28H,15-16H2,1H3/t23-/m0/s1. The molecule has 1 aliphatic heterocycles. The SMILES string of the molecule is COc1ccc(C2=C(O)C(=O)N(CCc3ccccc3)[C@H]2c2ccccc2F)cc1. The summed E-state index contributed by atoms with van der Waals surface area (Å²) in [4.78, 5) is 14.5. The third kappa shape index (κ3) is 3.66. The number of aliphatic hydroxyl groups is 1. The maximum atomic E-state index is 14.8. The third-order valence-corrected chi connectivity index (χ3v) is 5.39. The topological polar surface area (TPSA) is 49.8 Å². The van der Waals surface area contributed by atoms with Gasteiger partial charge in [-0.05, 0) is 35.7 Å². The lowest BCUT2D eigenvalue weighted by molar-refractivity contribution is -0.129. The van der Waals surface area contributed by atoms with Gasteiger partial charge in [-0.1, -0.05) is 60.7 Å². The second-order valence-corrected chi connectivity index (χ2v) is 7.15. The molecule has 0 aliphatic carbocycles. The van der Waals surface area contributed by atoms with Gasteiger partial charge in [-0.3, -0.25) is 4.79 Å². The van der Waals surface area contributed by atoms with Crippen LogP contribution in [0.1, 0.15) is 22.7 Å². The number of ether oxygens (including phenoxy) is 1. The molecule has 3 aromatic rings. The fraction of sp³-hybridized carbons (Fsp3) is 0.160. The molecule has 0 spiro atoms. The fourth-order valence-electron chi connectivity index (χ4n) is 3.86. The molecule has 152 valence electrons. The van der Waals surface area contributed by atoms with E-state index in [4.69, 9.17) is 4.74 Å². The van der Waals surface area contributed by atoms with Gasteiger partial charge in [0.1, 0.15) is 11.6 Å². The van der Waals surface area contributed by atoms with Crippen molar-refractivity contribution in [2.75, 3.05) is 13.7 Å². The third-order valence-electron chi connectivity index (χ3n) is 5.39. The highest BCUT2D eigenvalue weighted by Gasteiger charge is 2.41. The zero-order valence-corrected chi connectivity index (χ0v) is 16.6. The Balaban J connectivity index is 1.75. The van der Waals surface area contributed by atoms with Crippen molar-refractivity contribution < 1.29 is 19.0 Å². The molecule has 1 atom stereocenters. The van der Waals surface area contributed by atoms with Crippen molar-refractivity contribution >= 4 is 11.5 Å². The Morgan fingerprint density at radius 1 is 0.967 bits per heavy atom. The highest BCUT2D eigenvalue weighted by molar-refractivity contribution is 6.05. The molecule has 0 aromatic heterocycles. The Hall–Kier alpha value is -3.60. The van der Waals surface area contributed by atoms with Crippen molar-refractivity contribution in [2.45, 2.75) is 12.5 Å². The molecule has 1 amide bonds. The number of methoxy groups -OCH3 is 1. The van der Waals surface area contributed by atoms with Gasteiger partial charge in [0.25, 0.3) is 5.91 Å². The van der Waals surface area contributed by atoms with Gasteiger partial charge in [0.05, 0.1) is 13.2 Å². The molecule has 0 saturated heterocycles. The second-order valence-electron chi connectivity index (χ2n) is 7.15. The minimum Gasteiger partial charge on any atom is -0.503 e. The first-order chi connectivity index (χ1) is 14.6. The van der Waals surface area contributed by atoms with E-state index in [1.165, 1.54) is 6.07 Å². The molecule has 1 heterocycles. The predicted octanol–water partition coefficient (Wildman–Crippen LogP) is 4.93. The number of benzene rings is 3. The predicted molar refractivity (Wildman–Crippen MR) is 114 cm³/mol. The quantitative estimate of drug-likeness (QED) is 0.635. The molecule has 30 heavy (non-hydrogen) atoms. The van der Waals surface area contributed by atoms with Crippen LogP contribution in [0.2, 0.25) is 0 Å². The van der Waals surface area contributed by atoms with Crippen LogP contribution in [0.4, 0.5) is 4.39 Å². The molecular formula is C25H22FNO3. The number of aliphatic hydroxyl groups excluding tert-OH is 1. The smallest absolute Gasteiger partial charge is 0.289 e. The molecule has 1 aliphatic rings. The van der Waals surface area contributed by atoms with Crippen LogP contribution in [0.15, 0.2) is 84.6 Å². The van der Waals surface area contributed by atoms with Crippen LogP contribution in [-0.4, -0.2) is 29.6 Å². The number of hydrogen-bond donors (Lipinski definition) is 1. The minimum absolute atomic E-state index is 0.346. The molecule has 5 heteroatoms. The maximum Gasteiger partial charge on any atom is 0.289 e. The summed E-state index contributed by atoms with van der Waals surface area (Å²) < 4.78 is 20.0. The van der Waals surface area contributed by atoms with Crippen LogP contribution in [-0.2, 0) is 11.2 Å². The number of halogens is 1. The Morgan fingerprint density at radius 3 is 2.30 bits per heavy atom. The molecule has 0 radical (unpaired) electrons. The van der Waals surface area contributed by atoms with Crippen LogP contribution in [0.3, 0.4) is 0 Å². The van der Waals surface area contributed by atoms with Gasteiger partial charge in [-0.2, -0.15) is 0 Å². The van der Waals surface area contributed by atoms with Gasteiger partial charge in [0.2, 0.25) is 0 Å². The van der Waals surface area contributed by atoms with E-state index in [9.17, 15) is 14.3 Å². The van der Waals surface area contributed by atoms with Crippen molar-refractivity contribution in [2.24, 2.45) is 0 Å². The van der Waals surface area contributed by atoms with Gasteiger partial charge in [0, 0.05) is 17.7 Å². The molecule has 0 bridgehead atoms. The first-order valence-electron chi connectivity index (χ1n) is 9.77. The lowest BCUT2D eigenvalue weighted by atomic mass is 9.93. The van der Waals surface area contributed by atoms with Crippen molar-refractivity contribution in [1.82, 2.24) is 4.90 Å². The lowest BCUT2D eigenvalue weighted by Crippen LogP contribution is -2.32. The number of amides is 1. The summed E-state index contributed by atoms with van der Waals surface area (Å²) in [5.41, 5.74) is 2.47. The van der Waals surface area contributed by atoms with E-state index in [2.05, 4.69) is 0 Å². The van der Waals surface area contributed by atoms with Gasteiger partial charge >= 0.3 is 0 Å². The van der Waals surface area contributed by atoms with Crippen molar-refractivity contribution in [3.8, 4) is 5.75 Å². The Labute approximate surface area is 174 Å². The molecule has 4 rings (SSSR count). The second kappa shape index (κ2) is 8.41. The molecular weight excluding hydrogens is 381 g/mol. The normalized spacial score (nSPS) is 16.3. The average Bonchev–Trinajstić information content (AvgIpc) is 3.03. The lowest BCUT2D eigenvalue weighted by Gasteiger charge is -2.27. The summed E-state index contributed by atoms with van der Waals surface area (Å²) in [5.74, 6) is -0.598. The van der Waals surface area contributed by atoms with E-state index in [0.717, 1.165) is 5.56 Å². The van der Waals surface area contributed by atoms with Crippen LogP contribution in [0, 0.1) is 5.82 Å².